The quantitative estimate of drug-likeness (QED) is 0.572. The highest BCUT2D eigenvalue weighted by atomic mass is 19.4. The van der Waals surface area contributed by atoms with Crippen LogP contribution in [0.4, 0.5) is 19.0 Å². The highest BCUT2D eigenvalue weighted by Gasteiger charge is 2.34. The zero-order valence-electron chi connectivity index (χ0n) is 19.1. The Hall–Kier alpha value is -3.40. The largest absolute Gasteiger partial charge is 0.417 e. The average Bonchev–Trinajstić information content (AvgIpc) is 3.27. The van der Waals surface area contributed by atoms with E-state index in [1.807, 2.05) is 39.9 Å². The molecule has 0 radical (unpaired) electrons. The molecule has 1 N–H and O–H groups in total. The molecule has 1 fully saturated rings. The van der Waals surface area contributed by atoms with Gasteiger partial charge in [0.2, 0.25) is 0 Å². The Morgan fingerprint density at radius 1 is 1.11 bits per heavy atom. The number of pyridine rings is 1. The van der Waals surface area contributed by atoms with E-state index in [9.17, 15) is 18.0 Å². The van der Waals surface area contributed by atoms with E-state index in [1.165, 1.54) is 6.07 Å². The van der Waals surface area contributed by atoms with Crippen molar-refractivity contribution in [2.45, 2.75) is 44.6 Å². The molecule has 1 aromatic carbocycles. The number of benzene rings is 1. The number of alkyl halides is 3. The van der Waals surface area contributed by atoms with E-state index in [4.69, 9.17) is 9.84 Å². The van der Waals surface area contributed by atoms with Crippen LogP contribution in [0.1, 0.15) is 40.9 Å². The number of fused-ring (bicyclic) bond motifs is 1. The molecule has 2 aromatic heterocycles. The van der Waals surface area contributed by atoms with E-state index >= 15 is 0 Å². The first-order valence-corrected chi connectivity index (χ1v) is 11.7. The van der Waals surface area contributed by atoms with Crippen LogP contribution in [0.15, 0.2) is 48.7 Å². The van der Waals surface area contributed by atoms with E-state index in [2.05, 4.69) is 10.3 Å². The predicted molar refractivity (Wildman–Crippen MR) is 124 cm³/mol. The second kappa shape index (κ2) is 9.69. The van der Waals surface area contributed by atoms with Crippen LogP contribution in [-0.2, 0) is 24.1 Å². The van der Waals surface area contributed by atoms with Gasteiger partial charge in [-0.3, -0.25) is 9.48 Å². The van der Waals surface area contributed by atoms with Crippen LogP contribution in [0.5, 0.6) is 0 Å². The number of aromatic nitrogens is 3. The zero-order valence-corrected chi connectivity index (χ0v) is 19.1. The summed E-state index contributed by atoms with van der Waals surface area (Å²) in [5.41, 5.74) is 2.08. The lowest BCUT2D eigenvalue weighted by Gasteiger charge is -2.36. The number of hydrogen-bond donors (Lipinski definition) is 1. The number of nitrogens with zero attached hydrogens (tertiary/aromatic N) is 4. The molecule has 3 aromatic rings. The van der Waals surface area contributed by atoms with Gasteiger partial charge in [0, 0.05) is 30.9 Å². The van der Waals surface area contributed by atoms with Gasteiger partial charge in [0.05, 0.1) is 36.6 Å². The van der Waals surface area contributed by atoms with E-state index in [1.54, 1.807) is 0 Å². The van der Waals surface area contributed by atoms with Gasteiger partial charge in [0.1, 0.15) is 11.5 Å². The van der Waals surface area contributed by atoms with Crippen molar-refractivity contribution >= 4 is 11.7 Å². The fourth-order valence-electron chi connectivity index (χ4n) is 4.68. The van der Waals surface area contributed by atoms with Gasteiger partial charge in [-0.2, -0.15) is 18.3 Å². The Morgan fingerprint density at radius 3 is 2.69 bits per heavy atom. The summed E-state index contributed by atoms with van der Waals surface area (Å²) in [5, 5.41) is 7.87. The summed E-state index contributed by atoms with van der Waals surface area (Å²) in [4.78, 5) is 19.7. The van der Waals surface area contributed by atoms with Crippen molar-refractivity contribution in [1.82, 2.24) is 19.7 Å². The molecule has 2 aliphatic rings. The van der Waals surface area contributed by atoms with Gasteiger partial charge in [-0.15, -0.1) is 0 Å². The molecule has 184 valence electrons. The summed E-state index contributed by atoms with van der Waals surface area (Å²) in [5.74, 6) is 0.250. The van der Waals surface area contributed by atoms with Gasteiger partial charge in [0.25, 0.3) is 5.91 Å². The SMILES string of the molecule is O=C(c1c(-c2ccccc2)nn2c1COCC2)N1CCCC[C@H]1CNc1ccc(C(F)(F)F)cn1. The molecular weight excluding hydrogens is 459 g/mol. The monoisotopic (exact) mass is 485 g/mol. The Morgan fingerprint density at radius 2 is 1.94 bits per heavy atom. The van der Waals surface area contributed by atoms with Crippen LogP contribution in [-0.4, -0.2) is 51.3 Å². The molecule has 0 unspecified atom stereocenters. The standard InChI is InChI=1S/C25H26F3N5O2/c26-25(27,28)18-9-10-21(29-14-18)30-15-19-8-4-5-11-32(19)24(34)22-20-16-35-13-12-33(20)31-23(22)17-6-2-1-3-7-17/h1-3,6-7,9-10,14,19H,4-5,8,11-13,15-16H2,(H,29,30)/t19-/m0/s1. The number of anilines is 1. The third kappa shape index (κ3) is 4.88. The van der Waals surface area contributed by atoms with Gasteiger partial charge < -0.3 is 15.0 Å². The lowest BCUT2D eigenvalue weighted by atomic mass is 9.98. The second-order valence-corrected chi connectivity index (χ2v) is 8.77. The molecule has 0 saturated carbocycles. The minimum atomic E-state index is -4.43. The van der Waals surface area contributed by atoms with E-state index in [-0.39, 0.29) is 11.9 Å². The normalized spacial score (nSPS) is 18.3. The van der Waals surface area contributed by atoms with Crippen LogP contribution >= 0.6 is 0 Å². The summed E-state index contributed by atoms with van der Waals surface area (Å²) in [7, 11) is 0. The second-order valence-electron chi connectivity index (χ2n) is 8.77. The van der Waals surface area contributed by atoms with Gasteiger partial charge >= 0.3 is 6.18 Å². The molecule has 4 heterocycles. The van der Waals surface area contributed by atoms with Crippen molar-refractivity contribution in [1.29, 1.82) is 0 Å². The molecule has 1 amide bonds. The highest BCUT2D eigenvalue weighted by molar-refractivity contribution is 6.01. The summed E-state index contributed by atoms with van der Waals surface area (Å²) in [6.07, 6.45) is -0.959. The van der Waals surface area contributed by atoms with Crippen LogP contribution < -0.4 is 5.32 Å². The lowest BCUT2D eigenvalue weighted by molar-refractivity contribution is -0.137. The van der Waals surface area contributed by atoms with E-state index in [0.29, 0.717) is 49.9 Å². The Kier molecular flexibility index (Phi) is 6.46. The average molecular weight is 486 g/mol. The third-order valence-electron chi connectivity index (χ3n) is 6.50. The number of piperidine rings is 1. The maximum atomic E-state index is 14.0. The predicted octanol–water partition coefficient (Wildman–Crippen LogP) is 4.60. The van der Waals surface area contributed by atoms with E-state index in [0.717, 1.165) is 42.8 Å². The minimum Gasteiger partial charge on any atom is -0.373 e. The number of nitrogens with one attached hydrogen (secondary N) is 1. The lowest BCUT2D eigenvalue weighted by Crippen LogP contribution is -2.47. The van der Waals surface area contributed by atoms with Crippen LogP contribution in [0, 0.1) is 0 Å². The smallest absolute Gasteiger partial charge is 0.373 e. The molecule has 1 saturated heterocycles. The Labute approximate surface area is 200 Å². The van der Waals surface area contributed by atoms with Gasteiger partial charge in [-0.25, -0.2) is 4.98 Å². The number of likely N-dealkylation sites (tertiary alicyclic amines) is 1. The number of carbonyl (C=O) groups is 1. The first-order valence-electron chi connectivity index (χ1n) is 11.7. The molecule has 0 bridgehead atoms. The summed E-state index contributed by atoms with van der Waals surface area (Å²) >= 11 is 0. The molecule has 2 aliphatic heterocycles. The van der Waals surface area contributed by atoms with Crippen molar-refractivity contribution in [3.63, 3.8) is 0 Å². The molecule has 0 aliphatic carbocycles. The van der Waals surface area contributed by atoms with E-state index < -0.39 is 11.7 Å². The first kappa shape index (κ1) is 23.3. The van der Waals surface area contributed by atoms with Crippen LogP contribution in [0.25, 0.3) is 11.3 Å². The maximum absolute atomic E-state index is 14.0. The number of halogens is 3. The number of hydrogen-bond acceptors (Lipinski definition) is 5. The van der Waals surface area contributed by atoms with Crippen LogP contribution in [0.2, 0.25) is 0 Å². The first-order chi connectivity index (χ1) is 16.9. The number of carbonyl (C=O) groups excluding carboxylic acids is 1. The summed E-state index contributed by atoms with van der Waals surface area (Å²) < 4.78 is 46.0. The number of ether oxygens (including phenoxy) is 1. The fourth-order valence-corrected chi connectivity index (χ4v) is 4.68. The van der Waals surface area contributed by atoms with Crippen LogP contribution in [0.3, 0.4) is 0 Å². The molecule has 5 rings (SSSR count). The van der Waals surface area contributed by atoms with Gasteiger partial charge in [-0.1, -0.05) is 30.3 Å². The maximum Gasteiger partial charge on any atom is 0.417 e. The molecule has 1 atom stereocenters. The minimum absolute atomic E-state index is 0.0949. The zero-order chi connectivity index (χ0) is 24.4. The topological polar surface area (TPSA) is 72.3 Å². The Bertz CT molecular complexity index is 1180. The van der Waals surface area contributed by atoms with Crippen molar-refractivity contribution in [3.8, 4) is 11.3 Å². The molecule has 0 spiro atoms. The third-order valence-corrected chi connectivity index (χ3v) is 6.50. The Balaban J connectivity index is 1.39. The van der Waals surface area contributed by atoms with Gasteiger partial charge in [0.15, 0.2) is 0 Å². The number of amides is 1. The summed E-state index contributed by atoms with van der Waals surface area (Å²) in [6, 6.07) is 11.8. The van der Waals surface area contributed by atoms with Gasteiger partial charge in [-0.05, 0) is 31.4 Å². The highest BCUT2D eigenvalue weighted by Crippen LogP contribution is 2.32. The van der Waals surface area contributed by atoms with Crippen molar-refractivity contribution in [3.05, 3.63) is 65.5 Å². The molecule has 7 nitrogen and oxygen atoms in total. The fraction of sp³-hybridized carbons (Fsp3) is 0.400. The molecule has 10 heteroatoms. The summed E-state index contributed by atoms with van der Waals surface area (Å²) in [6.45, 7) is 2.46. The molecular formula is C25H26F3N5O2. The van der Waals surface area contributed by atoms with Crippen molar-refractivity contribution in [2.75, 3.05) is 25.0 Å². The molecule has 35 heavy (non-hydrogen) atoms. The van der Waals surface area contributed by atoms with Crippen molar-refractivity contribution < 1.29 is 22.7 Å². The van der Waals surface area contributed by atoms with Crippen molar-refractivity contribution in [2.24, 2.45) is 0 Å². The number of rotatable bonds is 5.